The van der Waals surface area contributed by atoms with Crippen molar-refractivity contribution < 1.29 is 14.0 Å². The van der Waals surface area contributed by atoms with Crippen molar-refractivity contribution in [1.29, 1.82) is 0 Å². The molecule has 0 bridgehead atoms. The van der Waals surface area contributed by atoms with Crippen LogP contribution in [0.3, 0.4) is 0 Å². The molecule has 1 aliphatic rings. The summed E-state index contributed by atoms with van der Waals surface area (Å²) >= 11 is 0. The van der Waals surface area contributed by atoms with Crippen molar-refractivity contribution in [2.45, 2.75) is 12.8 Å². The zero-order valence-corrected chi connectivity index (χ0v) is 16.2. The van der Waals surface area contributed by atoms with Gasteiger partial charge in [0.05, 0.1) is 5.69 Å². The Bertz CT molecular complexity index is 832. The monoisotopic (exact) mass is 383 g/mol. The number of nitrogens with zero attached hydrogens (tertiary/aromatic N) is 2. The first kappa shape index (κ1) is 20.2. The SMILES string of the molecule is CN1CCN(CCCC(=O)c2ccccc2NC(=O)c2cccc(F)c2)CC1. The Balaban J connectivity index is 1.58. The second kappa shape index (κ2) is 9.57. The second-order valence-electron chi connectivity index (χ2n) is 7.18. The van der Waals surface area contributed by atoms with E-state index in [-0.39, 0.29) is 11.3 Å². The van der Waals surface area contributed by atoms with Crippen LogP contribution in [0.15, 0.2) is 48.5 Å². The number of amides is 1. The Morgan fingerprint density at radius 3 is 2.54 bits per heavy atom. The molecule has 2 aromatic rings. The molecule has 1 saturated heterocycles. The zero-order valence-electron chi connectivity index (χ0n) is 16.2. The lowest BCUT2D eigenvalue weighted by Gasteiger charge is -2.32. The Morgan fingerprint density at radius 1 is 1.04 bits per heavy atom. The minimum atomic E-state index is -0.471. The van der Waals surface area contributed by atoms with E-state index >= 15 is 0 Å². The third kappa shape index (κ3) is 5.47. The molecule has 5 nitrogen and oxygen atoms in total. The number of carbonyl (C=O) groups excluding carboxylic acids is 2. The van der Waals surface area contributed by atoms with Crippen molar-refractivity contribution in [2.24, 2.45) is 0 Å². The van der Waals surface area contributed by atoms with Gasteiger partial charge >= 0.3 is 0 Å². The van der Waals surface area contributed by atoms with Crippen LogP contribution in [-0.4, -0.2) is 61.3 Å². The summed E-state index contributed by atoms with van der Waals surface area (Å²) < 4.78 is 13.3. The highest BCUT2D eigenvalue weighted by Crippen LogP contribution is 2.19. The number of hydrogen-bond acceptors (Lipinski definition) is 4. The van der Waals surface area contributed by atoms with E-state index in [2.05, 4.69) is 22.2 Å². The third-order valence-electron chi connectivity index (χ3n) is 5.04. The molecular formula is C22H26FN3O2. The molecule has 1 heterocycles. The molecular weight excluding hydrogens is 357 g/mol. The number of Topliss-reactive ketones (excluding diaryl/α,β-unsaturated/α-hetero) is 1. The molecule has 3 rings (SSSR count). The molecule has 148 valence electrons. The van der Waals surface area contributed by atoms with Crippen molar-refractivity contribution in [3.8, 4) is 0 Å². The molecule has 28 heavy (non-hydrogen) atoms. The maximum absolute atomic E-state index is 13.3. The van der Waals surface area contributed by atoms with Gasteiger partial charge in [-0.05, 0) is 50.3 Å². The Morgan fingerprint density at radius 2 is 1.79 bits per heavy atom. The summed E-state index contributed by atoms with van der Waals surface area (Å²) in [7, 11) is 2.12. The van der Waals surface area contributed by atoms with Gasteiger partial charge in [-0.1, -0.05) is 18.2 Å². The average molecular weight is 383 g/mol. The van der Waals surface area contributed by atoms with E-state index in [4.69, 9.17) is 0 Å². The fourth-order valence-corrected chi connectivity index (χ4v) is 3.33. The second-order valence-corrected chi connectivity index (χ2v) is 7.18. The van der Waals surface area contributed by atoms with Crippen LogP contribution in [-0.2, 0) is 0 Å². The van der Waals surface area contributed by atoms with Gasteiger partial charge in [-0.25, -0.2) is 4.39 Å². The summed E-state index contributed by atoms with van der Waals surface area (Å²) in [5.41, 5.74) is 1.17. The Kier molecular flexibility index (Phi) is 6.90. The van der Waals surface area contributed by atoms with Crippen LogP contribution in [0.2, 0.25) is 0 Å². The molecule has 1 aliphatic heterocycles. The summed E-state index contributed by atoms with van der Waals surface area (Å²) in [5.74, 6) is -0.901. The Labute approximate surface area is 165 Å². The van der Waals surface area contributed by atoms with E-state index < -0.39 is 11.7 Å². The molecule has 1 amide bonds. The maximum atomic E-state index is 13.3. The number of piperazine rings is 1. The normalized spacial score (nSPS) is 15.4. The summed E-state index contributed by atoms with van der Waals surface area (Å²) in [6, 6.07) is 12.5. The van der Waals surface area contributed by atoms with E-state index in [1.54, 1.807) is 30.3 Å². The van der Waals surface area contributed by atoms with Gasteiger partial charge in [0.25, 0.3) is 5.91 Å². The summed E-state index contributed by atoms with van der Waals surface area (Å²) in [6.45, 7) is 5.08. The van der Waals surface area contributed by atoms with E-state index in [1.165, 1.54) is 18.2 Å². The van der Waals surface area contributed by atoms with Gasteiger partial charge in [-0.15, -0.1) is 0 Å². The van der Waals surface area contributed by atoms with Gasteiger partial charge in [-0.2, -0.15) is 0 Å². The predicted molar refractivity (Wildman–Crippen MR) is 108 cm³/mol. The van der Waals surface area contributed by atoms with E-state index in [0.717, 1.165) is 39.1 Å². The molecule has 1 N–H and O–H groups in total. The zero-order chi connectivity index (χ0) is 19.9. The summed E-state index contributed by atoms with van der Waals surface area (Å²) in [6.07, 6.45) is 1.22. The minimum Gasteiger partial charge on any atom is -0.321 e. The number of anilines is 1. The summed E-state index contributed by atoms with van der Waals surface area (Å²) in [5, 5.41) is 2.74. The topological polar surface area (TPSA) is 52.6 Å². The molecule has 6 heteroatoms. The quantitative estimate of drug-likeness (QED) is 0.746. The van der Waals surface area contributed by atoms with Crippen LogP contribution in [0.5, 0.6) is 0 Å². The highest BCUT2D eigenvalue weighted by atomic mass is 19.1. The molecule has 0 atom stereocenters. The van der Waals surface area contributed by atoms with Crippen LogP contribution in [0.1, 0.15) is 33.6 Å². The molecule has 0 unspecified atom stereocenters. The van der Waals surface area contributed by atoms with Crippen LogP contribution in [0.25, 0.3) is 0 Å². The predicted octanol–water partition coefficient (Wildman–Crippen LogP) is 3.29. The maximum Gasteiger partial charge on any atom is 0.255 e. The molecule has 0 radical (unpaired) electrons. The fraction of sp³-hybridized carbons (Fsp3) is 0.364. The number of rotatable bonds is 7. The molecule has 0 aliphatic carbocycles. The van der Waals surface area contributed by atoms with Gasteiger partial charge < -0.3 is 15.1 Å². The average Bonchev–Trinajstić information content (AvgIpc) is 2.70. The van der Waals surface area contributed by atoms with Crippen molar-refractivity contribution >= 4 is 17.4 Å². The first-order valence-electron chi connectivity index (χ1n) is 9.63. The number of nitrogens with one attached hydrogen (secondary N) is 1. The number of benzene rings is 2. The molecule has 0 aromatic heterocycles. The van der Waals surface area contributed by atoms with Gasteiger partial charge in [0.15, 0.2) is 5.78 Å². The van der Waals surface area contributed by atoms with E-state index in [0.29, 0.717) is 17.7 Å². The number of carbonyl (C=O) groups is 2. The highest BCUT2D eigenvalue weighted by Gasteiger charge is 2.16. The van der Waals surface area contributed by atoms with Gasteiger partial charge in [0.2, 0.25) is 0 Å². The fourth-order valence-electron chi connectivity index (χ4n) is 3.33. The number of likely N-dealkylation sites (N-methyl/N-ethyl adjacent to an activating group) is 1. The lowest BCUT2D eigenvalue weighted by atomic mass is 10.0. The highest BCUT2D eigenvalue weighted by molar-refractivity contribution is 6.09. The van der Waals surface area contributed by atoms with Crippen molar-refractivity contribution in [1.82, 2.24) is 9.80 Å². The molecule has 1 fully saturated rings. The van der Waals surface area contributed by atoms with Gasteiger partial charge in [-0.3, -0.25) is 9.59 Å². The van der Waals surface area contributed by atoms with E-state index in [9.17, 15) is 14.0 Å². The Hall–Kier alpha value is -2.57. The largest absolute Gasteiger partial charge is 0.321 e. The lowest BCUT2D eigenvalue weighted by molar-refractivity contribution is 0.0968. The van der Waals surface area contributed by atoms with Crippen molar-refractivity contribution in [3.05, 3.63) is 65.5 Å². The van der Waals surface area contributed by atoms with Crippen LogP contribution >= 0.6 is 0 Å². The lowest BCUT2D eigenvalue weighted by Crippen LogP contribution is -2.44. The number of hydrogen-bond donors (Lipinski definition) is 1. The van der Waals surface area contributed by atoms with Crippen molar-refractivity contribution in [2.75, 3.05) is 45.1 Å². The summed E-state index contributed by atoms with van der Waals surface area (Å²) in [4.78, 5) is 29.8. The van der Waals surface area contributed by atoms with Gasteiger partial charge in [0.1, 0.15) is 5.82 Å². The molecule has 0 saturated carbocycles. The molecule has 2 aromatic carbocycles. The van der Waals surface area contributed by atoms with Crippen LogP contribution in [0.4, 0.5) is 10.1 Å². The van der Waals surface area contributed by atoms with Crippen LogP contribution < -0.4 is 5.32 Å². The van der Waals surface area contributed by atoms with E-state index in [1.807, 2.05) is 0 Å². The number of ketones is 1. The number of halogens is 1. The first-order chi connectivity index (χ1) is 13.5. The number of para-hydroxylation sites is 1. The van der Waals surface area contributed by atoms with Crippen LogP contribution in [0, 0.1) is 5.82 Å². The third-order valence-corrected chi connectivity index (χ3v) is 5.04. The smallest absolute Gasteiger partial charge is 0.255 e. The van der Waals surface area contributed by atoms with Crippen molar-refractivity contribution in [3.63, 3.8) is 0 Å². The van der Waals surface area contributed by atoms with Gasteiger partial charge in [0, 0.05) is 43.7 Å². The minimum absolute atomic E-state index is 0.00395. The molecule has 0 spiro atoms. The standard InChI is InChI=1S/C22H26FN3O2/c1-25-12-14-26(15-13-25)11-5-10-21(27)19-8-2-3-9-20(19)24-22(28)17-6-4-7-18(23)16-17/h2-4,6-9,16H,5,10-15H2,1H3,(H,24,28). The first-order valence-corrected chi connectivity index (χ1v) is 9.63.